The molecule has 2 heterocycles. The summed E-state index contributed by atoms with van der Waals surface area (Å²) >= 11 is 2.99. The van der Waals surface area contributed by atoms with Gasteiger partial charge in [0.05, 0.1) is 19.4 Å². The number of hydrogen-bond donors (Lipinski definition) is 3. The Bertz CT molecular complexity index is 297. The van der Waals surface area contributed by atoms with Gasteiger partial charge in [0, 0.05) is 20.1 Å². The summed E-state index contributed by atoms with van der Waals surface area (Å²) in [6.45, 7) is 0.262. The Balaban J connectivity index is 2.08. The molecule has 0 bridgehead atoms. The van der Waals surface area contributed by atoms with Gasteiger partial charge in [0.15, 0.2) is 6.23 Å². The molecule has 8 heteroatoms. The molecule has 2 saturated heterocycles. The van der Waals surface area contributed by atoms with Crippen molar-refractivity contribution in [2.45, 2.75) is 35.7 Å². The molecule has 5 atom stereocenters. The monoisotopic (exact) mass is 328 g/mol. The molecule has 3 N–H and O–H groups in total. The number of hydrogen-bond acceptors (Lipinski definition) is 6. The van der Waals surface area contributed by atoms with Crippen molar-refractivity contribution in [2.75, 3.05) is 26.9 Å². The Hall–Kier alpha value is 0.170. The molecule has 0 aromatic rings. The Kier molecular flexibility index (Phi) is 4.58. The number of ether oxygens (including phenoxy) is 2. The Labute approximate surface area is 113 Å². The Morgan fingerprint density at radius 2 is 2.39 bits per heavy atom. The first kappa shape index (κ1) is 14.6. The van der Waals surface area contributed by atoms with Crippen molar-refractivity contribution in [3.8, 4) is 0 Å². The lowest BCUT2D eigenvalue weighted by molar-refractivity contribution is -0.186. The average molecular weight is 329 g/mol. The van der Waals surface area contributed by atoms with Gasteiger partial charge in [-0.2, -0.15) is 0 Å². The van der Waals surface area contributed by atoms with Gasteiger partial charge >= 0.3 is 0 Å². The van der Waals surface area contributed by atoms with Gasteiger partial charge in [-0.15, -0.1) is 0 Å². The smallest absolute Gasteiger partial charge is 0.216 e. The highest BCUT2D eigenvalue weighted by Crippen LogP contribution is 2.34. The molecule has 2 fully saturated rings. The summed E-state index contributed by atoms with van der Waals surface area (Å²) in [7, 11) is 1.42. The minimum Gasteiger partial charge on any atom is -0.394 e. The van der Waals surface area contributed by atoms with Crippen LogP contribution in [-0.2, 0) is 9.47 Å². The second-order valence-electron chi connectivity index (χ2n) is 4.56. The van der Waals surface area contributed by atoms with Gasteiger partial charge < -0.3 is 19.7 Å². The normalized spacial score (nSPS) is 46.5. The summed E-state index contributed by atoms with van der Waals surface area (Å²) in [5.74, 6) is 0. The third-order valence-corrected chi connectivity index (χ3v) is 3.97. The van der Waals surface area contributed by atoms with Crippen molar-refractivity contribution in [1.82, 2.24) is 10.2 Å². The molecule has 0 aliphatic carbocycles. The summed E-state index contributed by atoms with van der Waals surface area (Å²) in [5.41, 5.74) is 0. The molecule has 2 rings (SSSR count). The third kappa shape index (κ3) is 2.69. The van der Waals surface area contributed by atoms with Crippen molar-refractivity contribution >= 4 is 15.9 Å². The van der Waals surface area contributed by atoms with Gasteiger partial charge in [-0.25, -0.2) is 9.29 Å². The molecule has 0 radical (unpaired) electrons. The zero-order chi connectivity index (χ0) is 13.3. The maximum Gasteiger partial charge on any atom is 0.216 e. The molecule has 0 aromatic heterocycles. The number of methoxy groups -OCH3 is 1. The largest absolute Gasteiger partial charge is 0.394 e. The second-order valence-corrected chi connectivity index (χ2v) is 5.88. The van der Waals surface area contributed by atoms with Crippen LogP contribution in [0.3, 0.4) is 0 Å². The maximum atomic E-state index is 14.2. The quantitative estimate of drug-likeness (QED) is 0.598. The highest BCUT2D eigenvalue weighted by Gasteiger charge is 2.49. The molecule has 6 nitrogen and oxygen atoms in total. The molecule has 5 unspecified atom stereocenters. The van der Waals surface area contributed by atoms with Gasteiger partial charge in [-0.1, -0.05) is 0 Å². The van der Waals surface area contributed by atoms with E-state index >= 15 is 0 Å². The van der Waals surface area contributed by atoms with E-state index in [1.54, 1.807) is 4.90 Å². The lowest BCUT2D eigenvalue weighted by Gasteiger charge is -2.43. The van der Waals surface area contributed by atoms with Crippen molar-refractivity contribution in [2.24, 2.45) is 0 Å². The third-order valence-electron chi connectivity index (χ3n) is 3.29. The summed E-state index contributed by atoms with van der Waals surface area (Å²) in [6, 6.07) is 0. The van der Waals surface area contributed by atoms with E-state index in [0.717, 1.165) is 0 Å². The van der Waals surface area contributed by atoms with E-state index in [1.165, 1.54) is 7.11 Å². The minimum absolute atomic E-state index is 0.126. The van der Waals surface area contributed by atoms with Crippen LogP contribution in [0.25, 0.3) is 0 Å². The standard InChI is InChI=1S/C10H18BrFN2O4/c1-17-9-10(11,12)4-13-5-14(9)8-2-6(16)7(3-15)18-8/h6-9,13,15-16H,2-5H2,1H3. The lowest BCUT2D eigenvalue weighted by Crippen LogP contribution is -2.63. The summed E-state index contributed by atoms with van der Waals surface area (Å²) in [5, 5.41) is 21.7. The van der Waals surface area contributed by atoms with Crippen LogP contribution >= 0.6 is 15.9 Å². The van der Waals surface area contributed by atoms with Gasteiger partial charge in [0.1, 0.15) is 12.3 Å². The lowest BCUT2D eigenvalue weighted by atomic mass is 10.1. The SMILES string of the molecule is COC1N(C2CC(O)C(CO)O2)CNCC1(F)Br. The number of alkyl halides is 2. The fraction of sp³-hybridized carbons (Fsp3) is 1.00. The van der Waals surface area contributed by atoms with E-state index in [9.17, 15) is 9.50 Å². The van der Waals surface area contributed by atoms with Crippen molar-refractivity contribution in [3.05, 3.63) is 0 Å². The van der Waals surface area contributed by atoms with Crippen molar-refractivity contribution in [1.29, 1.82) is 0 Å². The van der Waals surface area contributed by atoms with Crippen LogP contribution in [0.4, 0.5) is 4.39 Å². The van der Waals surface area contributed by atoms with Crippen molar-refractivity contribution in [3.63, 3.8) is 0 Å². The predicted molar refractivity (Wildman–Crippen MR) is 64.6 cm³/mol. The minimum atomic E-state index is -1.72. The number of rotatable bonds is 3. The number of nitrogens with one attached hydrogen (secondary N) is 1. The first-order valence-corrected chi connectivity index (χ1v) is 6.60. The number of aliphatic hydroxyl groups is 2. The summed E-state index contributed by atoms with van der Waals surface area (Å²) in [6.07, 6.45) is -2.35. The van der Waals surface area contributed by atoms with Crippen molar-refractivity contribution < 1.29 is 24.1 Å². The average Bonchev–Trinajstić information content (AvgIpc) is 2.69. The van der Waals surface area contributed by atoms with Crippen LogP contribution in [-0.4, -0.2) is 71.3 Å². The predicted octanol–water partition coefficient (Wildman–Crippen LogP) is -0.650. The Morgan fingerprint density at radius 3 is 2.94 bits per heavy atom. The number of nitrogens with zero attached hydrogens (tertiary/aromatic N) is 1. The van der Waals surface area contributed by atoms with Crippen LogP contribution < -0.4 is 5.32 Å². The topological polar surface area (TPSA) is 74.2 Å². The molecule has 0 saturated carbocycles. The highest BCUT2D eigenvalue weighted by molar-refractivity contribution is 9.10. The molecule has 2 aliphatic heterocycles. The van der Waals surface area contributed by atoms with Gasteiger partial charge in [-0.05, 0) is 15.9 Å². The number of aliphatic hydroxyl groups excluding tert-OH is 2. The fourth-order valence-corrected chi connectivity index (χ4v) is 3.06. The zero-order valence-electron chi connectivity index (χ0n) is 10.1. The molecule has 2 aliphatic rings. The number of halogens is 2. The Morgan fingerprint density at radius 1 is 1.67 bits per heavy atom. The van der Waals surface area contributed by atoms with Crippen LogP contribution in [0.15, 0.2) is 0 Å². The van der Waals surface area contributed by atoms with Crippen LogP contribution in [0.2, 0.25) is 0 Å². The molecule has 0 spiro atoms. The van der Waals surface area contributed by atoms with Crippen LogP contribution in [0.1, 0.15) is 6.42 Å². The van der Waals surface area contributed by atoms with E-state index in [-0.39, 0.29) is 13.2 Å². The van der Waals surface area contributed by atoms with Gasteiger partial charge in [0.2, 0.25) is 4.58 Å². The fourth-order valence-electron chi connectivity index (χ4n) is 2.41. The van der Waals surface area contributed by atoms with Gasteiger partial charge in [0.25, 0.3) is 0 Å². The molecule has 0 amide bonds. The molecular weight excluding hydrogens is 311 g/mol. The van der Waals surface area contributed by atoms with E-state index in [2.05, 4.69) is 21.2 Å². The molecule has 106 valence electrons. The summed E-state index contributed by atoms with van der Waals surface area (Å²) < 4.78 is 23.2. The summed E-state index contributed by atoms with van der Waals surface area (Å²) in [4.78, 5) is 1.65. The maximum absolute atomic E-state index is 14.2. The van der Waals surface area contributed by atoms with Gasteiger partial charge in [-0.3, -0.25) is 5.32 Å². The van der Waals surface area contributed by atoms with E-state index in [1.807, 2.05) is 0 Å². The molecule has 18 heavy (non-hydrogen) atoms. The second kappa shape index (κ2) is 5.66. The van der Waals surface area contributed by atoms with E-state index in [0.29, 0.717) is 13.1 Å². The zero-order valence-corrected chi connectivity index (χ0v) is 11.6. The highest BCUT2D eigenvalue weighted by atomic mass is 79.9. The molecule has 0 aromatic carbocycles. The van der Waals surface area contributed by atoms with E-state index < -0.39 is 29.2 Å². The van der Waals surface area contributed by atoms with Crippen LogP contribution in [0, 0.1) is 0 Å². The van der Waals surface area contributed by atoms with E-state index in [4.69, 9.17) is 14.6 Å². The van der Waals surface area contributed by atoms with Crippen LogP contribution in [0.5, 0.6) is 0 Å². The first-order valence-electron chi connectivity index (χ1n) is 5.81. The molecular formula is C10H18BrFN2O4. The first-order chi connectivity index (χ1) is 8.49.